The Morgan fingerprint density at radius 3 is 1.50 bits per heavy atom. The Balaban J connectivity index is -0.0000000183. The fourth-order valence-electron chi connectivity index (χ4n) is 0. The van der Waals surface area contributed by atoms with E-state index in [4.69, 9.17) is 5.11 Å². The van der Waals surface area contributed by atoms with Gasteiger partial charge in [-0.1, -0.05) is 6.92 Å². The molecule has 0 heterocycles. The third kappa shape index (κ3) is 49.7. The molecule has 0 amide bonds. The van der Waals surface area contributed by atoms with Gasteiger partial charge in [0, 0.05) is 6.61 Å². The second-order valence-electron chi connectivity index (χ2n) is 0.724. The topological polar surface area (TPSA) is 51.7 Å². The van der Waals surface area contributed by atoms with E-state index in [2.05, 4.69) is 6.92 Å². The zero-order valence-corrected chi connectivity index (χ0v) is 9.19. The van der Waals surface area contributed by atoms with Crippen molar-refractivity contribution in [3.8, 4) is 0 Å². The van der Waals surface area contributed by atoms with Crippen LogP contribution in [0.5, 0.6) is 0 Å². The number of hydrogen-bond acceptors (Lipinski definition) is 1. The Morgan fingerprint density at radius 2 is 1.50 bits per heavy atom. The molecule has 0 spiro atoms. The average molecular weight is 146 g/mol. The molecular formula is C5H15KO2. The van der Waals surface area contributed by atoms with E-state index in [1.807, 2.05) is 6.92 Å². The molecule has 0 aromatic heterocycles. The van der Waals surface area contributed by atoms with Gasteiger partial charge in [-0.25, -0.2) is 0 Å². The van der Waals surface area contributed by atoms with Crippen molar-refractivity contribution in [3.05, 3.63) is 6.92 Å². The molecule has 2 nitrogen and oxygen atoms in total. The summed E-state index contributed by atoms with van der Waals surface area (Å²) < 4.78 is 0. The molecule has 3 heteroatoms. The third-order valence-corrected chi connectivity index (χ3v) is 0.224. The van der Waals surface area contributed by atoms with E-state index in [9.17, 15) is 0 Å². The minimum atomic E-state index is 0. The SMILES string of the molecule is CCCO.O.[CH2-]C.[K+]. The molecule has 3 N–H and O–H groups in total. The summed E-state index contributed by atoms with van der Waals surface area (Å²) >= 11 is 0. The largest absolute Gasteiger partial charge is 1.00 e. The molecule has 0 atom stereocenters. The maximum absolute atomic E-state index is 7.88. The zero-order valence-electron chi connectivity index (χ0n) is 6.07. The van der Waals surface area contributed by atoms with Gasteiger partial charge in [0.2, 0.25) is 0 Å². The van der Waals surface area contributed by atoms with Crippen LogP contribution in [0.4, 0.5) is 0 Å². The van der Waals surface area contributed by atoms with Crippen LogP contribution in [-0.2, 0) is 0 Å². The zero-order chi connectivity index (χ0) is 5.41. The second-order valence-corrected chi connectivity index (χ2v) is 0.724. The van der Waals surface area contributed by atoms with Crippen LogP contribution >= 0.6 is 0 Å². The molecule has 0 fully saturated rings. The quantitative estimate of drug-likeness (QED) is 0.320. The predicted molar refractivity (Wildman–Crippen MR) is 32.0 cm³/mol. The van der Waals surface area contributed by atoms with Crippen LogP contribution in [-0.4, -0.2) is 17.2 Å². The van der Waals surface area contributed by atoms with E-state index < -0.39 is 0 Å². The fourth-order valence-corrected chi connectivity index (χ4v) is 0. The molecule has 0 aliphatic heterocycles. The van der Waals surface area contributed by atoms with E-state index in [0.717, 1.165) is 6.42 Å². The summed E-state index contributed by atoms with van der Waals surface area (Å²) in [5.74, 6) is 0. The Morgan fingerprint density at radius 1 is 1.38 bits per heavy atom. The minimum Gasteiger partial charge on any atom is -0.412 e. The first-order chi connectivity index (χ1) is 2.91. The van der Waals surface area contributed by atoms with Gasteiger partial charge in [0.05, 0.1) is 0 Å². The fraction of sp³-hybridized carbons (Fsp3) is 0.800. The van der Waals surface area contributed by atoms with Gasteiger partial charge in [-0.05, 0) is 6.42 Å². The van der Waals surface area contributed by atoms with Gasteiger partial charge in [0.25, 0.3) is 0 Å². The predicted octanol–water partition coefficient (Wildman–Crippen LogP) is -2.59. The summed E-state index contributed by atoms with van der Waals surface area (Å²) in [5, 5.41) is 7.88. The van der Waals surface area contributed by atoms with Crippen molar-refractivity contribution in [1.29, 1.82) is 0 Å². The third-order valence-electron chi connectivity index (χ3n) is 0.224. The number of aliphatic hydroxyl groups is 1. The number of rotatable bonds is 1. The molecule has 0 aliphatic rings. The average Bonchev–Trinajstić information content (AvgIpc) is 1.72. The van der Waals surface area contributed by atoms with E-state index in [-0.39, 0.29) is 56.9 Å². The van der Waals surface area contributed by atoms with Crippen molar-refractivity contribution in [2.45, 2.75) is 20.3 Å². The Hall–Kier alpha value is 1.56. The van der Waals surface area contributed by atoms with Crippen LogP contribution < -0.4 is 51.4 Å². The molecule has 0 saturated carbocycles. The van der Waals surface area contributed by atoms with E-state index >= 15 is 0 Å². The van der Waals surface area contributed by atoms with Crippen LogP contribution in [0.3, 0.4) is 0 Å². The van der Waals surface area contributed by atoms with Gasteiger partial charge in [-0.15, -0.1) is 0 Å². The van der Waals surface area contributed by atoms with Gasteiger partial charge in [0.15, 0.2) is 0 Å². The van der Waals surface area contributed by atoms with Crippen molar-refractivity contribution >= 4 is 0 Å². The summed E-state index contributed by atoms with van der Waals surface area (Å²) in [4.78, 5) is 0. The van der Waals surface area contributed by atoms with Crippen LogP contribution in [0.2, 0.25) is 0 Å². The van der Waals surface area contributed by atoms with Crippen molar-refractivity contribution in [2.24, 2.45) is 0 Å². The maximum atomic E-state index is 7.88. The number of aliphatic hydroxyl groups excluding tert-OH is 1. The molecule has 0 saturated heterocycles. The smallest absolute Gasteiger partial charge is 0.412 e. The van der Waals surface area contributed by atoms with Gasteiger partial charge in [-0.2, -0.15) is 6.92 Å². The van der Waals surface area contributed by atoms with E-state index in [1.54, 1.807) is 6.92 Å². The van der Waals surface area contributed by atoms with Crippen LogP contribution in [0.25, 0.3) is 0 Å². The van der Waals surface area contributed by atoms with Crippen LogP contribution in [0.1, 0.15) is 20.3 Å². The molecule has 0 bridgehead atoms. The molecule has 0 aromatic rings. The summed E-state index contributed by atoms with van der Waals surface area (Å²) in [6, 6.07) is 0. The molecule has 0 rings (SSSR count). The molecular weight excluding hydrogens is 131 g/mol. The summed E-state index contributed by atoms with van der Waals surface area (Å²) in [5.41, 5.74) is 0. The van der Waals surface area contributed by atoms with E-state index in [0.29, 0.717) is 6.61 Å². The van der Waals surface area contributed by atoms with Gasteiger partial charge in [-0.3, -0.25) is 0 Å². The Labute approximate surface area is 94.4 Å². The molecule has 0 aliphatic carbocycles. The van der Waals surface area contributed by atoms with Crippen molar-refractivity contribution < 1.29 is 62.0 Å². The van der Waals surface area contributed by atoms with Crippen LogP contribution in [0.15, 0.2) is 0 Å². The molecule has 48 valence electrons. The first-order valence-electron chi connectivity index (χ1n) is 2.23. The summed E-state index contributed by atoms with van der Waals surface area (Å²) in [6.07, 6.45) is 0.875. The second kappa shape index (κ2) is 38.6. The minimum absolute atomic E-state index is 0. The molecule has 8 heavy (non-hydrogen) atoms. The van der Waals surface area contributed by atoms with Gasteiger partial charge < -0.3 is 17.5 Å². The number of hydrogen-bond donors (Lipinski definition) is 1. The normalized spacial score (nSPS) is 4.50. The standard InChI is InChI=1S/C3H8O.C2H5.K.H2O/c1-2-3-4;1-2;;/h4H,2-3H2,1H3;1H2,2H3;;1H2/q;-1;+1;. The maximum Gasteiger partial charge on any atom is 1.00 e. The Bertz CT molecular complexity index is 12.4. The first kappa shape index (κ1) is 22.7. The first-order valence-corrected chi connectivity index (χ1v) is 2.23. The van der Waals surface area contributed by atoms with Crippen molar-refractivity contribution in [3.63, 3.8) is 0 Å². The molecule has 0 aromatic carbocycles. The molecule has 0 unspecified atom stereocenters. The van der Waals surface area contributed by atoms with Crippen LogP contribution in [0, 0.1) is 6.92 Å². The monoisotopic (exact) mass is 146 g/mol. The molecule has 0 radical (unpaired) electrons. The van der Waals surface area contributed by atoms with Gasteiger partial charge in [0.1, 0.15) is 0 Å². The summed E-state index contributed by atoms with van der Waals surface area (Å²) in [7, 11) is 0. The van der Waals surface area contributed by atoms with Crippen molar-refractivity contribution in [2.75, 3.05) is 6.61 Å². The Kier molecular flexibility index (Phi) is 109. The van der Waals surface area contributed by atoms with Gasteiger partial charge >= 0.3 is 51.4 Å². The summed E-state index contributed by atoms with van der Waals surface area (Å²) in [6.45, 7) is 7.25. The van der Waals surface area contributed by atoms with Crippen molar-refractivity contribution in [1.82, 2.24) is 0 Å². The van der Waals surface area contributed by atoms with E-state index in [1.165, 1.54) is 0 Å².